The highest BCUT2D eigenvalue weighted by atomic mass is 79.9. The van der Waals surface area contributed by atoms with Gasteiger partial charge in [0.25, 0.3) is 5.91 Å². The van der Waals surface area contributed by atoms with Gasteiger partial charge in [0.1, 0.15) is 23.8 Å². The smallest absolute Gasteiger partial charge is 0.291 e. The third-order valence-corrected chi connectivity index (χ3v) is 4.23. The van der Waals surface area contributed by atoms with Crippen LogP contribution in [-0.2, 0) is 0 Å². The van der Waals surface area contributed by atoms with Crippen LogP contribution in [0.3, 0.4) is 0 Å². The second kappa shape index (κ2) is 7.65. The molecule has 0 aliphatic carbocycles. The SMILES string of the molecule is Cc1nc(Nc2ccc(NC(=O)c3ccc(Br)o3)cc2)cc(-n2ccnc2)n1. The molecule has 0 saturated carbocycles. The molecule has 1 aromatic carbocycles. The number of halogens is 1. The number of hydrogen-bond acceptors (Lipinski definition) is 6. The molecule has 3 aromatic heterocycles. The number of aromatic nitrogens is 4. The van der Waals surface area contributed by atoms with Crippen LogP contribution in [0, 0.1) is 6.92 Å². The second-order valence-corrected chi connectivity index (χ2v) is 6.67. The van der Waals surface area contributed by atoms with Crippen molar-refractivity contribution in [2.45, 2.75) is 6.92 Å². The van der Waals surface area contributed by atoms with E-state index in [0.717, 1.165) is 11.5 Å². The first-order valence-corrected chi connectivity index (χ1v) is 9.14. The van der Waals surface area contributed by atoms with E-state index in [0.29, 0.717) is 22.0 Å². The lowest BCUT2D eigenvalue weighted by Gasteiger charge is -2.10. The number of carbonyl (C=O) groups is 1. The van der Waals surface area contributed by atoms with E-state index < -0.39 is 0 Å². The van der Waals surface area contributed by atoms with Crippen molar-refractivity contribution in [1.82, 2.24) is 19.5 Å². The van der Waals surface area contributed by atoms with E-state index >= 15 is 0 Å². The molecule has 0 spiro atoms. The largest absolute Gasteiger partial charge is 0.444 e. The van der Waals surface area contributed by atoms with Crippen LogP contribution in [0.15, 0.2) is 70.3 Å². The molecule has 0 fully saturated rings. The summed E-state index contributed by atoms with van der Waals surface area (Å²) < 4.78 is 7.56. The number of amides is 1. The minimum atomic E-state index is -0.317. The zero-order chi connectivity index (χ0) is 19.5. The average molecular weight is 439 g/mol. The van der Waals surface area contributed by atoms with Crippen molar-refractivity contribution in [1.29, 1.82) is 0 Å². The zero-order valence-electron chi connectivity index (χ0n) is 14.8. The Hall–Kier alpha value is -3.46. The molecular weight excluding hydrogens is 424 g/mol. The Kier molecular flexibility index (Phi) is 4.90. The lowest BCUT2D eigenvalue weighted by atomic mass is 10.2. The average Bonchev–Trinajstić information content (AvgIpc) is 3.35. The summed E-state index contributed by atoms with van der Waals surface area (Å²) in [5.41, 5.74) is 1.48. The molecule has 0 saturated heterocycles. The van der Waals surface area contributed by atoms with Crippen LogP contribution in [0.4, 0.5) is 17.2 Å². The van der Waals surface area contributed by atoms with Crippen molar-refractivity contribution in [3.05, 3.63) is 77.4 Å². The summed E-state index contributed by atoms with van der Waals surface area (Å²) >= 11 is 3.18. The van der Waals surface area contributed by atoms with Crippen LogP contribution in [-0.4, -0.2) is 25.4 Å². The monoisotopic (exact) mass is 438 g/mol. The van der Waals surface area contributed by atoms with Crippen LogP contribution < -0.4 is 10.6 Å². The second-order valence-electron chi connectivity index (χ2n) is 5.89. The molecule has 0 aliphatic rings. The predicted molar refractivity (Wildman–Crippen MR) is 108 cm³/mol. The van der Waals surface area contributed by atoms with Gasteiger partial charge in [-0.3, -0.25) is 9.36 Å². The maximum absolute atomic E-state index is 12.1. The molecule has 140 valence electrons. The fourth-order valence-corrected chi connectivity index (χ4v) is 2.86. The number of imidazole rings is 1. The molecule has 4 aromatic rings. The maximum atomic E-state index is 12.1. The molecular formula is C19H15BrN6O2. The molecule has 9 heteroatoms. The van der Waals surface area contributed by atoms with Crippen LogP contribution in [0.1, 0.15) is 16.4 Å². The van der Waals surface area contributed by atoms with E-state index in [1.165, 1.54) is 0 Å². The normalized spacial score (nSPS) is 10.6. The van der Waals surface area contributed by atoms with Crippen molar-refractivity contribution in [2.24, 2.45) is 0 Å². The first kappa shape index (κ1) is 17.9. The third-order valence-electron chi connectivity index (χ3n) is 3.81. The highest BCUT2D eigenvalue weighted by molar-refractivity contribution is 9.10. The fourth-order valence-electron chi connectivity index (χ4n) is 2.56. The lowest BCUT2D eigenvalue weighted by Crippen LogP contribution is -2.10. The summed E-state index contributed by atoms with van der Waals surface area (Å²) in [7, 11) is 0. The first-order valence-electron chi connectivity index (χ1n) is 8.34. The first-order chi connectivity index (χ1) is 13.6. The summed E-state index contributed by atoms with van der Waals surface area (Å²) in [4.78, 5) is 25.0. The van der Waals surface area contributed by atoms with Crippen LogP contribution in [0.5, 0.6) is 0 Å². The molecule has 0 unspecified atom stereocenters. The van der Waals surface area contributed by atoms with E-state index in [-0.39, 0.29) is 11.7 Å². The van der Waals surface area contributed by atoms with Gasteiger partial charge in [0.05, 0.1) is 0 Å². The molecule has 2 N–H and O–H groups in total. The van der Waals surface area contributed by atoms with Gasteiger partial charge in [-0.1, -0.05) is 0 Å². The standard InChI is InChI=1S/C19H15BrN6O2/c1-12-22-17(10-18(23-12)26-9-8-21-11-26)24-13-2-4-14(5-3-13)25-19(27)15-6-7-16(20)28-15/h2-11H,1H3,(H,25,27)(H,22,23,24). The third kappa shape index (κ3) is 4.09. The van der Waals surface area contributed by atoms with Gasteiger partial charge in [0.2, 0.25) is 0 Å². The Bertz CT molecular complexity index is 1110. The number of furan rings is 1. The molecule has 28 heavy (non-hydrogen) atoms. The van der Waals surface area contributed by atoms with Crippen molar-refractivity contribution < 1.29 is 9.21 Å². The highest BCUT2D eigenvalue weighted by Gasteiger charge is 2.11. The van der Waals surface area contributed by atoms with Gasteiger partial charge >= 0.3 is 0 Å². The van der Waals surface area contributed by atoms with Gasteiger partial charge in [0, 0.05) is 29.8 Å². The molecule has 1 amide bonds. The van der Waals surface area contributed by atoms with Crippen molar-refractivity contribution >= 4 is 39.0 Å². The van der Waals surface area contributed by atoms with Gasteiger partial charge in [-0.25, -0.2) is 15.0 Å². The Morgan fingerprint density at radius 3 is 2.57 bits per heavy atom. The predicted octanol–water partition coefficient (Wildman–Crippen LogP) is 4.32. The Balaban J connectivity index is 1.47. The van der Waals surface area contributed by atoms with Crippen molar-refractivity contribution in [3.63, 3.8) is 0 Å². The fraction of sp³-hybridized carbons (Fsp3) is 0.0526. The van der Waals surface area contributed by atoms with Gasteiger partial charge in [-0.2, -0.15) is 0 Å². The van der Waals surface area contributed by atoms with E-state index in [9.17, 15) is 4.79 Å². The molecule has 0 bridgehead atoms. The molecule has 0 atom stereocenters. The molecule has 4 rings (SSSR count). The van der Waals surface area contributed by atoms with Crippen LogP contribution in [0.25, 0.3) is 5.82 Å². The van der Waals surface area contributed by atoms with Gasteiger partial charge in [-0.15, -0.1) is 0 Å². The number of nitrogens with one attached hydrogen (secondary N) is 2. The highest BCUT2D eigenvalue weighted by Crippen LogP contribution is 2.20. The Labute approximate surface area is 168 Å². The quantitative estimate of drug-likeness (QED) is 0.481. The molecule has 0 radical (unpaired) electrons. The lowest BCUT2D eigenvalue weighted by molar-refractivity contribution is 0.0995. The minimum absolute atomic E-state index is 0.234. The number of hydrogen-bond donors (Lipinski definition) is 2. The molecule has 0 aliphatic heterocycles. The van der Waals surface area contributed by atoms with E-state index in [2.05, 4.69) is 41.5 Å². The summed E-state index contributed by atoms with van der Waals surface area (Å²) in [6.45, 7) is 1.83. The van der Waals surface area contributed by atoms with Gasteiger partial charge in [-0.05, 0) is 59.3 Å². The van der Waals surface area contributed by atoms with E-state index in [1.807, 2.05) is 35.9 Å². The van der Waals surface area contributed by atoms with Crippen molar-refractivity contribution in [3.8, 4) is 5.82 Å². The summed E-state index contributed by atoms with van der Waals surface area (Å²) in [6, 6.07) is 12.4. The molecule has 8 nitrogen and oxygen atoms in total. The minimum Gasteiger partial charge on any atom is -0.444 e. The van der Waals surface area contributed by atoms with E-state index in [4.69, 9.17) is 4.42 Å². The molecule has 3 heterocycles. The maximum Gasteiger partial charge on any atom is 0.291 e. The van der Waals surface area contributed by atoms with Crippen molar-refractivity contribution in [2.75, 3.05) is 10.6 Å². The number of nitrogens with zero attached hydrogens (tertiary/aromatic N) is 4. The van der Waals surface area contributed by atoms with Gasteiger partial charge < -0.3 is 15.1 Å². The Morgan fingerprint density at radius 2 is 1.89 bits per heavy atom. The van der Waals surface area contributed by atoms with Crippen LogP contribution in [0.2, 0.25) is 0 Å². The van der Waals surface area contributed by atoms with E-state index in [1.54, 1.807) is 36.8 Å². The summed E-state index contributed by atoms with van der Waals surface area (Å²) in [5.74, 6) is 1.94. The number of rotatable bonds is 5. The number of aryl methyl sites for hydroxylation is 1. The van der Waals surface area contributed by atoms with Crippen LogP contribution >= 0.6 is 15.9 Å². The number of anilines is 3. The number of benzene rings is 1. The van der Waals surface area contributed by atoms with Gasteiger partial charge in [0.15, 0.2) is 10.4 Å². The topological polar surface area (TPSA) is 97.9 Å². The summed E-state index contributed by atoms with van der Waals surface area (Å²) in [6.07, 6.45) is 5.19. The number of carbonyl (C=O) groups excluding carboxylic acids is 1. The summed E-state index contributed by atoms with van der Waals surface area (Å²) in [5, 5.41) is 6.02. The zero-order valence-corrected chi connectivity index (χ0v) is 16.3. The Morgan fingerprint density at radius 1 is 1.11 bits per heavy atom.